The summed E-state index contributed by atoms with van der Waals surface area (Å²) in [7, 11) is 0. The highest BCUT2D eigenvalue weighted by atomic mass is 16.4. The summed E-state index contributed by atoms with van der Waals surface area (Å²) in [6, 6.07) is 1.97. The lowest BCUT2D eigenvalue weighted by Crippen LogP contribution is -2.02. The van der Waals surface area contributed by atoms with Gasteiger partial charge in [-0.05, 0) is 30.9 Å². The van der Waals surface area contributed by atoms with Crippen LogP contribution in [0.1, 0.15) is 35.8 Å². The number of carbonyl (C=O) groups is 1. The van der Waals surface area contributed by atoms with E-state index in [4.69, 9.17) is 9.52 Å². The van der Waals surface area contributed by atoms with Crippen molar-refractivity contribution >= 4 is 5.97 Å². The molecule has 1 aromatic heterocycles. The van der Waals surface area contributed by atoms with Crippen LogP contribution < -0.4 is 0 Å². The van der Waals surface area contributed by atoms with Crippen molar-refractivity contribution < 1.29 is 14.3 Å². The Morgan fingerprint density at radius 2 is 2.54 bits per heavy atom. The predicted octanol–water partition coefficient (Wildman–Crippen LogP) is 2.09. The molecule has 3 heteroatoms. The first-order chi connectivity index (χ1) is 6.16. The largest absolute Gasteiger partial charge is 0.481 e. The highest BCUT2D eigenvalue weighted by Crippen LogP contribution is 2.37. The normalized spacial score (nSPS) is 20.2. The van der Waals surface area contributed by atoms with Crippen LogP contribution in [0.4, 0.5) is 0 Å². The Bertz CT molecular complexity index is 338. The van der Waals surface area contributed by atoms with Gasteiger partial charge in [-0.3, -0.25) is 4.79 Å². The zero-order valence-electron chi connectivity index (χ0n) is 7.54. The lowest BCUT2D eigenvalue weighted by atomic mass is 10.00. The molecular weight excluding hydrogens is 168 g/mol. The van der Waals surface area contributed by atoms with E-state index in [1.165, 1.54) is 0 Å². The molecular formula is C10H12O3. The molecule has 0 amide bonds. The molecule has 0 saturated heterocycles. The van der Waals surface area contributed by atoms with Gasteiger partial charge in [0.1, 0.15) is 11.5 Å². The topological polar surface area (TPSA) is 50.4 Å². The van der Waals surface area contributed by atoms with E-state index in [1.807, 2.05) is 13.0 Å². The summed E-state index contributed by atoms with van der Waals surface area (Å²) in [5.41, 5.74) is 1.11. The van der Waals surface area contributed by atoms with Gasteiger partial charge in [0.05, 0.1) is 6.42 Å². The van der Waals surface area contributed by atoms with Crippen LogP contribution in [0.2, 0.25) is 0 Å². The molecule has 70 valence electrons. The Labute approximate surface area is 76.4 Å². The molecule has 0 spiro atoms. The van der Waals surface area contributed by atoms with Gasteiger partial charge in [-0.15, -0.1) is 0 Å². The second-order valence-corrected chi connectivity index (χ2v) is 3.57. The lowest BCUT2D eigenvalue weighted by molar-refractivity contribution is -0.137. The van der Waals surface area contributed by atoms with Crippen molar-refractivity contribution in [3.05, 3.63) is 23.2 Å². The zero-order valence-corrected chi connectivity index (χ0v) is 7.54. The minimum atomic E-state index is -0.725. The van der Waals surface area contributed by atoms with Crippen LogP contribution in [0.5, 0.6) is 0 Å². The third-order valence-electron chi connectivity index (χ3n) is 2.55. The van der Waals surface area contributed by atoms with Crippen LogP contribution in [-0.4, -0.2) is 11.1 Å². The van der Waals surface area contributed by atoms with Crippen molar-refractivity contribution in [3.63, 3.8) is 0 Å². The summed E-state index contributed by atoms with van der Waals surface area (Å²) < 4.78 is 5.44. The Balaban J connectivity index is 2.22. The van der Waals surface area contributed by atoms with E-state index >= 15 is 0 Å². The molecule has 1 heterocycles. The lowest BCUT2D eigenvalue weighted by Gasteiger charge is -2.03. The van der Waals surface area contributed by atoms with Gasteiger partial charge in [-0.25, -0.2) is 0 Å². The van der Waals surface area contributed by atoms with E-state index in [2.05, 4.69) is 0 Å². The molecule has 1 atom stereocenters. The van der Waals surface area contributed by atoms with Crippen molar-refractivity contribution in [3.8, 4) is 0 Å². The van der Waals surface area contributed by atoms with Crippen LogP contribution in [0.3, 0.4) is 0 Å². The second kappa shape index (κ2) is 2.91. The first kappa shape index (κ1) is 8.35. The molecule has 13 heavy (non-hydrogen) atoms. The van der Waals surface area contributed by atoms with Gasteiger partial charge in [0.2, 0.25) is 0 Å². The third-order valence-corrected chi connectivity index (χ3v) is 2.55. The standard InChI is InChI=1S/C10H12O3/c1-6-4-8-7(5-10(11)12)2-3-9(8)13-6/h4,7H,2-3,5H2,1H3,(H,11,12). The molecule has 1 unspecified atom stereocenters. The van der Waals surface area contributed by atoms with E-state index in [0.29, 0.717) is 0 Å². The zero-order chi connectivity index (χ0) is 9.42. The van der Waals surface area contributed by atoms with E-state index in [0.717, 1.165) is 29.9 Å². The van der Waals surface area contributed by atoms with Gasteiger partial charge >= 0.3 is 5.97 Å². The number of rotatable bonds is 2. The SMILES string of the molecule is Cc1cc2c(o1)CCC2CC(=O)O. The minimum absolute atomic E-state index is 0.171. The second-order valence-electron chi connectivity index (χ2n) is 3.57. The average Bonchev–Trinajstić information content (AvgIpc) is 2.51. The highest BCUT2D eigenvalue weighted by Gasteiger charge is 2.27. The minimum Gasteiger partial charge on any atom is -0.481 e. The highest BCUT2D eigenvalue weighted by molar-refractivity contribution is 5.68. The molecule has 1 N–H and O–H groups in total. The maximum atomic E-state index is 10.5. The summed E-state index contributed by atoms with van der Waals surface area (Å²) in [4.78, 5) is 10.5. The molecule has 0 fully saturated rings. The number of carboxylic acid groups (broad SMARTS) is 1. The molecule has 0 saturated carbocycles. The van der Waals surface area contributed by atoms with Gasteiger partial charge in [0.15, 0.2) is 0 Å². The van der Waals surface area contributed by atoms with Crippen molar-refractivity contribution in [2.75, 3.05) is 0 Å². The summed E-state index contributed by atoms with van der Waals surface area (Å²) >= 11 is 0. The number of furan rings is 1. The Hall–Kier alpha value is -1.25. The van der Waals surface area contributed by atoms with Crippen molar-refractivity contribution in [2.45, 2.75) is 32.1 Å². The Morgan fingerprint density at radius 1 is 1.77 bits per heavy atom. The molecule has 0 aliphatic heterocycles. The van der Waals surface area contributed by atoms with Crippen molar-refractivity contribution in [1.82, 2.24) is 0 Å². The Kier molecular flexibility index (Phi) is 1.87. The molecule has 3 nitrogen and oxygen atoms in total. The number of hydrogen-bond donors (Lipinski definition) is 1. The van der Waals surface area contributed by atoms with E-state index < -0.39 is 5.97 Å². The molecule has 0 bridgehead atoms. The predicted molar refractivity (Wildman–Crippen MR) is 46.8 cm³/mol. The fraction of sp³-hybridized carbons (Fsp3) is 0.500. The van der Waals surface area contributed by atoms with Gasteiger partial charge in [-0.2, -0.15) is 0 Å². The maximum absolute atomic E-state index is 10.5. The maximum Gasteiger partial charge on any atom is 0.303 e. The quantitative estimate of drug-likeness (QED) is 0.758. The Morgan fingerprint density at radius 3 is 3.23 bits per heavy atom. The smallest absolute Gasteiger partial charge is 0.303 e. The molecule has 0 radical (unpaired) electrons. The van der Waals surface area contributed by atoms with Gasteiger partial charge in [0.25, 0.3) is 0 Å². The van der Waals surface area contributed by atoms with Crippen LogP contribution >= 0.6 is 0 Å². The van der Waals surface area contributed by atoms with Gasteiger partial charge < -0.3 is 9.52 Å². The summed E-state index contributed by atoms with van der Waals surface area (Å²) in [5, 5.41) is 8.68. The van der Waals surface area contributed by atoms with Gasteiger partial charge in [0, 0.05) is 6.42 Å². The molecule has 1 aliphatic rings. The molecule has 2 rings (SSSR count). The van der Waals surface area contributed by atoms with Crippen molar-refractivity contribution in [1.29, 1.82) is 0 Å². The number of aryl methyl sites for hydroxylation is 2. The summed E-state index contributed by atoms with van der Waals surface area (Å²) in [5.74, 6) is 1.32. The first-order valence-corrected chi connectivity index (χ1v) is 4.48. The van der Waals surface area contributed by atoms with Crippen LogP contribution in [-0.2, 0) is 11.2 Å². The van der Waals surface area contributed by atoms with Crippen molar-refractivity contribution in [2.24, 2.45) is 0 Å². The number of carboxylic acids is 1. The third kappa shape index (κ3) is 1.46. The van der Waals surface area contributed by atoms with Crippen LogP contribution in [0.25, 0.3) is 0 Å². The number of fused-ring (bicyclic) bond motifs is 1. The fourth-order valence-electron chi connectivity index (χ4n) is 2.01. The average molecular weight is 180 g/mol. The summed E-state index contributed by atoms with van der Waals surface area (Å²) in [6.07, 6.45) is 2.04. The molecule has 0 aromatic carbocycles. The fourth-order valence-corrected chi connectivity index (χ4v) is 2.01. The monoisotopic (exact) mass is 180 g/mol. The number of aliphatic carboxylic acids is 1. The van der Waals surface area contributed by atoms with Gasteiger partial charge in [-0.1, -0.05) is 0 Å². The van der Waals surface area contributed by atoms with E-state index in [1.54, 1.807) is 0 Å². The van der Waals surface area contributed by atoms with Crippen LogP contribution in [0, 0.1) is 6.92 Å². The number of hydrogen-bond acceptors (Lipinski definition) is 2. The van der Waals surface area contributed by atoms with E-state index in [-0.39, 0.29) is 12.3 Å². The summed E-state index contributed by atoms with van der Waals surface area (Å²) in [6.45, 7) is 1.90. The molecule has 1 aliphatic carbocycles. The first-order valence-electron chi connectivity index (χ1n) is 4.48. The van der Waals surface area contributed by atoms with E-state index in [9.17, 15) is 4.79 Å². The molecule has 1 aromatic rings. The van der Waals surface area contributed by atoms with Crippen LogP contribution in [0.15, 0.2) is 10.5 Å².